The van der Waals surface area contributed by atoms with Crippen LogP contribution in [-0.2, 0) is 24.3 Å². The number of aryl methyl sites for hydroxylation is 1. The van der Waals surface area contributed by atoms with Gasteiger partial charge in [0.05, 0.1) is 5.69 Å². The maximum Gasteiger partial charge on any atom is 0.220 e. The van der Waals surface area contributed by atoms with E-state index < -0.39 is 0 Å². The van der Waals surface area contributed by atoms with Crippen LogP contribution in [0, 0.1) is 5.41 Å². The van der Waals surface area contributed by atoms with Crippen LogP contribution in [0.25, 0.3) is 0 Å². The molecule has 1 saturated heterocycles. The Morgan fingerprint density at radius 1 is 1.38 bits per heavy atom. The van der Waals surface area contributed by atoms with Crippen molar-refractivity contribution in [2.75, 3.05) is 33.7 Å². The molecule has 26 heavy (non-hydrogen) atoms. The van der Waals surface area contributed by atoms with Crippen LogP contribution in [0.1, 0.15) is 61.4 Å². The second-order valence-corrected chi connectivity index (χ2v) is 8.70. The van der Waals surface area contributed by atoms with Gasteiger partial charge in [0.25, 0.3) is 0 Å². The number of nitrogens with zero attached hydrogens (tertiary/aromatic N) is 3. The van der Waals surface area contributed by atoms with Crippen LogP contribution in [0.5, 0.6) is 0 Å². The summed E-state index contributed by atoms with van der Waals surface area (Å²) in [5.74, 6) is 0.882. The van der Waals surface area contributed by atoms with E-state index in [1.54, 1.807) is 5.56 Å². The number of aromatic nitrogens is 2. The van der Waals surface area contributed by atoms with Crippen molar-refractivity contribution in [3.05, 3.63) is 17.0 Å². The first-order valence-electron chi connectivity index (χ1n) is 10.3. The smallest absolute Gasteiger partial charge is 0.220 e. The van der Waals surface area contributed by atoms with E-state index in [2.05, 4.69) is 27.3 Å². The van der Waals surface area contributed by atoms with E-state index in [-0.39, 0.29) is 11.3 Å². The molecule has 3 aliphatic rings. The van der Waals surface area contributed by atoms with Crippen LogP contribution in [0.2, 0.25) is 0 Å². The molecule has 2 N–H and O–H groups in total. The van der Waals surface area contributed by atoms with Gasteiger partial charge in [-0.25, -0.2) is 0 Å². The highest BCUT2D eigenvalue weighted by Gasteiger charge is 2.42. The zero-order chi connectivity index (χ0) is 18.1. The summed E-state index contributed by atoms with van der Waals surface area (Å²) in [5, 5.41) is 11.3. The van der Waals surface area contributed by atoms with Gasteiger partial charge in [-0.05, 0) is 64.0 Å². The van der Waals surface area contributed by atoms with E-state index in [0.717, 1.165) is 39.1 Å². The zero-order valence-electron chi connectivity index (χ0n) is 16.3. The maximum absolute atomic E-state index is 11.7. The van der Waals surface area contributed by atoms with Crippen molar-refractivity contribution in [2.24, 2.45) is 5.41 Å². The lowest BCUT2D eigenvalue weighted by atomic mass is 9.68. The fraction of sp³-hybridized carbons (Fsp3) is 0.800. The molecule has 144 valence electrons. The molecule has 0 aromatic carbocycles. The van der Waals surface area contributed by atoms with E-state index in [0.29, 0.717) is 5.92 Å². The van der Waals surface area contributed by atoms with Crippen LogP contribution < -0.4 is 10.6 Å². The minimum Gasteiger partial charge on any atom is -0.356 e. The Labute approximate surface area is 156 Å². The number of carbonyl (C=O) groups excluding carboxylic acids is 1. The second-order valence-electron chi connectivity index (χ2n) is 8.70. The van der Waals surface area contributed by atoms with Gasteiger partial charge < -0.3 is 10.6 Å². The highest BCUT2D eigenvalue weighted by atomic mass is 16.1. The molecule has 6 heteroatoms. The van der Waals surface area contributed by atoms with Gasteiger partial charge in [-0.1, -0.05) is 0 Å². The standard InChI is InChI=1S/C20H33N5O/c1-21-9-11-24(2)13-16-19(17-4-3-10-25(17)23-16)15-5-7-20(8-6-15)12-18(26)22-14-20/h15,21H,3-14H2,1-2H3,(H,22,26). The van der Waals surface area contributed by atoms with Crippen molar-refractivity contribution < 1.29 is 4.79 Å². The molecule has 0 atom stereocenters. The number of likely N-dealkylation sites (N-methyl/N-ethyl adjacent to an activating group) is 2. The fourth-order valence-electron chi connectivity index (χ4n) is 5.26. The van der Waals surface area contributed by atoms with Crippen molar-refractivity contribution in [1.29, 1.82) is 0 Å². The number of fused-ring (bicyclic) bond motifs is 1. The normalized spacial score (nSPS) is 28.1. The average Bonchev–Trinajstić information content (AvgIpc) is 3.30. The summed E-state index contributed by atoms with van der Waals surface area (Å²) in [7, 11) is 4.20. The van der Waals surface area contributed by atoms with Crippen molar-refractivity contribution in [1.82, 2.24) is 25.3 Å². The minimum atomic E-state index is 0.244. The molecule has 1 spiro atoms. The van der Waals surface area contributed by atoms with Gasteiger partial charge in [0.2, 0.25) is 5.91 Å². The van der Waals surface area contributed by atoms with Crippen molar-refractivity contribution in [3.63, 3.8) is 0 Å². The molecule has 3 heterocycles. The third-order valence-electron chi connectivity index (χ3n) is 6.77. The summed E-state index contributed by atoms with van der Waals surface area (Å²) in [5.41, 5.74) is 4.61. The number of carbonyl (C=O) groups is 1. The average molecular weight is 360 g/mol. The molecule has 1 amide bonds. The molecule has 0 unspecified atom stereocenters. The molecule has 1 aliphatic carbocycles. The van der Waals surface area contributed by atoms with Gasteiger partial charge in [-0.2, -0.15) is 5.10 Å². The predicted molar refractivity (Wildman–Crippen MR) is 102 cm³/mol. The van der Waals surface area contributed by atoms with Crippen LogP contribution in [-0.4, -0.2) is 54.3 Å². The first-order valence-corrected chi connectivity index (χ1v) is 10.3. The third kappa shape index (κ3) is 3.41. The summed E-state index contributed by atoms with van der Waals surface area (Å²) in [6, 6.07) is 0. The number of amides is 1. The number of nitrogens with one attached hydrogen (secondary N) is 2. The topological polar surface area (TPSA) is 62.2 Å². The summed E-state index contributed by atoms with van der Waals surface area (Å²) in [6.45, 7) is 4.96. The highest BCUT2D eigenvalue weighted by molar-refractivity contribution is 5.79. The molecule has 1 aromatic rings. The van der Waals surface area contributed by atoms with Gasteiger partial charge in [0.15, 0.2) is 0 Å². The SMILES string of the molecule is CNCCN(C)Cc1nn2c(c1C1CCC3(CC1)CNC(=O)C3)CCC2. The van der Waals surface area contributed by atoms with Gasteiger partial charge in [-0.3, -0.25) is 14.4 Å². The molecular weight excluding hydrogens is 326 g/mol. The Kier molecular flexibility index (Phi) is 5.06. The van der Waals surface area contributed by atoms with Crippen LogP contribution >= 0.6 is 0 Å². The third-order valence-corrected chi connectivity index (χ3v) is 6.77. The Balaban J connectivity index is 1.50. The number of rotatable bonds is 6. The van der Waals surface area contributed by atoms with E-state index in [1.807, 2.05) is 7.05 Å². The summed E-state index contributed by atoms with van der Waals surface area (Å²) in [4.78, 5) is 14.1. The Hall–Kier alpha value is -1.40. The minimum absolute atomic E-state index is 0.244. The van der Waals surface area contributed by atoms with Gasteiger partial charge in [0, 0.05) is 50.4 Å². The lowest BCUT2D eigenvalue weighted by molar-refractivity contribution is -0.119. The molecule has 2 fully saturated rings. The van der Waals surface area contributed by atoms with Crippen molar-refractivity contribution in [3.8, 4) is 0 Å². The first kappa shape index (κ1) is 18.0. The van der Waals surface area contributed by atoms with Gasteiger partial charge in [-0.15, -0.1) is 0 Å². The zero-order valence-corrected chi connectivity index (χ0v) is 16.3. The van der Waals surface area contributed by atoms with Crippen LogP contribution in [0.3, 0.4) is 0 Å². The number of hydrogen-bond acceptors (Lipinski definition) is 4. The fourth-order valence-corrected chi connectivity index (χ4v) is 5.26. The predicted octanol–water partition coefficient (Wildman–Crippen LogP) is 1.64. The lowest BCUT2D eigenvalue weighted by Crippen LogP contribution is -2.30. The Morgan fingerprint density at radius 2 is 2.19 bits per heavy atom. The lowest BCUT2D eigenvalue weighted by Gasteiger charge is -2.36. The molecule has 0 radical (unpaired) electrons. The van der Waals surface area contributed by atoms with E-state index in [1.165, 1.54) is 49.9 Å². The summed E-state index contributed by atoms with van der Waals surface area (Å²) >= 11 is 0. The van der Waals surface area contributed by atoms with Crippen LogP contribution in [0.15, 0.2) is 0 Å². The molecule has 6 nitrogen and oxygen atoms in total. The largest absolute Gasteiger partial charge is 0.356 e. The molecule has 0 bridgehead atoms. The molecular formula is C20H33N5O. The monoisotopic (exact) mass is 359 g/mol. The maximum atomic E-state index is 11.7. The quantitative estimate of drug-likeness (QED) is 0.811. The van der Waals surface area contributed by atoms with E-state index in [9.17, 15) is 4.79 Å². The van der Waals surface area contributed by atoms with Crippen molar-refractivity contribution >= 4 is 5.91 Å². The second kappa shape index (κ2) is 7.31. The highest BCUT2D eigenvalue weighted by Crippen LogP contribution is 2.48. The number of hydrogen-bond donors (Lipinski definition) is 2. The van der Waals surface area contributed by atoms with Gasteiger partial charge >= 0.3 is 0 Å². The molecule has 4 rings (SSSR count). The van der Waals surface area contributed by atoms with Crippen LogP contribution in [0.4, 0.5) is 0 Å². The molecule has 1 saturated carbocycles. The first-order chi connectivity index (χ1) is 12.6. The molecule has 1 aromatic heterocycles. The Morgan fingerprint density at radius 3 is 2.88 bits per heavy atom. The summed E-state index contributed by atoms with van der Waals surface area (Å²) in [6.07, 6.45) is 7.93. The van der Waals surface area contributed by atoms with Gasteiger partial charge in [0.1, 0.15) is 0 Å². The van der Waals surface area contributed by atoms with E-state index in [4.69, 9.17) is 5.10 Å². The van der Waals surface area contributed by atoms with Crippen molar-refractivity contribution in [2.45, 2.75) is 64.0 Å². The summed E-state index contributed by atoms with van der Waals surface area (Å²) < 4.78 is 2.28. The molecule has 2 aliphatic heterocycles. The Bertz CT molecular complexity index is 659. The van der Waals surface area contributed by atoms with E-state index >= 15 is 0 Å².